The molecule has 3 N–H and O–H groups in total. The highest BCUT2D eigenvalue weighted by atomic mass is 15.2. The summed E-state index contributed by atoms with van der Waals surface area (Å²) in [6.07, 6.45) is 8.32. The highest BCUT2D eigenvalue weighted by molar-refractivity contribution is 6.04. The summed E-state index contributed by atoms with van der Waals surface area (Å²) in [7, 11) is 0. The third-order valence-electron chi connectivity index (χ3n) is 4.07. The number of aromatic nitrogens is 1. The molecule has 0 amide bonds. The first-order chi connectivity index (χ1) is 9.79. The van der Waals surface area contributed by atoms with Crippen LogP contribution in [0.1, 0.15) is 39.0 Å². The molecule has 0 saturated heterocycles. The molecule has 1 aliphatic heterocycles. The van der Waals surface area contributed by atoms with Gasteiger partial charge in [0.15, 0.2) is 0 Å². The van der Waals surface area contributed by atoms with E-state index in [9.17, 15) is 0 Å². The predicted molar refractivity (Wildman–Crippen MR) is 87.5 cm³/mol. The van der Waals surface area contributed by atoms with Gasteiger partial charge in [0, 0.05) is 11.1 Å². The number of aliphatic imine (C=N–C) groups is 1. The van der Waals surface area contributed by atoms with Gasteiger partial charge in [0.25, 0.3) is 0 Å². The smallest absolute Gasteiger partial charge is 0.134 e. The molecule has 0 radical (unpaired) electrons. The molecule has 1 aliphatic carbocycles. The van der Waals surface area contributed by atoms with Crippen LogP contribution in [-0.2, 0) is 5.41 Å². The van der Waals surface area contributed by atoms with Crippen molar-refractivity contribution in [3.63, 3.8) is 0 Å². The van der Waals surface area contributed by atoms with Gasteiger partial charge in [-0.1, -0.05) is 45.1 Å². The average molecular weight is 282 g/mol. The molecule has 3 rings (SSSR count). The van der Waals surface area contributed by atoms with E-state index in [2.05, 4.69) is 50.1 Å². The lowest BCUT2D eigenvalue weighted by Crippen LogP contribution is -2.46. The zero-order valence-electron chi connectivity index (χ0n) is 13.0. The second kappa shape index (κ2) is 4.45. The Morgan fingerprint density at radius 1 is 1.24 bits per heavy atom. The number of pyridine rings is 1. The van der Waals surface area contributed by atoms with Crippen molar-refractivity contribution in [2.45, 2.75) is 44.7 Å². The van der Waals surface area contributed by atoms with E-state index in [0.29, 0.717) is 5.82 Å². The van der Waals surface area contributed by atoms with E-state index in [1.54, 1.807) is 0 Å². The maximum atomic E-state index is 6.16. The molecule has 0 saturated carbocycles. The number of amidine groups is 1. The van der Waals surface area contributed by atoms with Gasteiger partial charge in [-0.15, -0.1) is 0 Å². The lowest BCUT2D eigenvalue weighted by molar-refractivity contribution is 0.501. The van der Waals surface area contributed by atoms with E-state index < -0.39 is 0 Å². The molecule has 2 heterocycles. The van der Waals surface area contributed by atoms with Gasteiger partial charge in [-0.25, -0.2) is 4.98 Å². The molecule has 2 aliphatic rings. The summed E-state index contributed by atoms with van der Waals surface area (Å²) in [6.45, 7) is 8.53. The minimum absolute atomic E-state index is 0.0109. The number of nitrogen functional groups attached to an aromatic ring is 1. The Kier molecular flexibility index (Phi) is 2.94. The Morgan fingerprint density at radius 3 is 2.62 bits per heavy atom. The molecule has 0 fully saturated rings. The number of anilines is 1. The first-order valence-corrected chi connectivity index (χ1v) is 7.29. The zero-order chi connectivity index (χ0) is 15.3. The lowest BCUT2D eigenvalue weighted by Gasteiger charge is -2.27. The summed E-state index contributed by atoms with van der Waals surface area (Å²) >= 11 is 0. The molecule has 1 aromatic heterocycles. The average Bonchev–Trinajstić information content (AvgIpc) is 2.74. The number of allylic oxidation sites excluding steroid dienone is 2. The second-order valence-electron chi connectivity index (χ2n) is 6.95. The molecule has 4 heteroatoms. The van der Waals surface area contributed by atoms with Crippen molar-refractivity contribution in [3.05, 3.63) is 47.7 Å². The van der Waals surface area contributed by atoms with Gasteiger partial charge in [0.2, 0.25) is 0 Å². The van der Waals surface area contributed by atoms with Gasteiger partial charge in [0.05, 0.1) is 17.1 Å². The van der Waals surface area contributed by atoms with Crippen LogP contribution < -0.4 is 11.1 Å². The number of hydrogen-bond donors (Lipinski definition) is 2. The topological polar surface area (TPSA) is 63.3 Å². The predicted octanol–water partition coefficient (Wildman–Crippen LogP) is 2.56. The summed E-state index contributed by atoms with van der Waals surface area (Å²) in [6, 6.07) is 4.16. The number of hydrogen-bond acceptors (Lipinski definition) is 4. The fourth-order valence-corrected chi connectivity index (χ4v) is 2.67. The number of nitrogens with zero attached hydrogens (tertiary/aromatic N) is 2. The molecular formula is C17H22N4. The fraction of sp³-hybridized carbons (Fsp3) is 0.412. The van der Waals surface area contributed by atoms with Crippen molar-refractivity contribution in [2.75, 3.05) is 5.73 Å². The Balaban J connectivity index is 1.96. The van der Waals surface area contributed by atoms with E-state index in [4.69, 9.17) is 10.7 Å². The molecule has 0 bridgehead atoms. The molecule has 0 aromatic carbocycles. The van der Waals surface area contributed by atoms with Crippen LogP contribution in [0.3, 0.4) is 0 Å². The summed E-state index contributed by atoms with van der Waals surface area (Å²) < 4.78 is 0. The Morgan fingerprint density at radius 2 is 2.00 bits per heavy atom. The maximum Gasteiger partial charge on any atom is 0.134 e. The van der Waals surface area contributed by atoms with Crippen LogP contribution in [0.25, 0.3) is 0 Å². The Hall–Kier alpha value is -2.10. The van der Waals surface area contributed by atoms with Gasteiger partial charge < -0.3 is 11.1 Å². The van der Waals surface area contributed by atoms with Gasteiger partial charge in [-0.2, -0.15) is 0 Å². The number of fused-ring (bicyclic) bond motifs is 1. The van der Waals surface area contributed by atoms with Crippen LogP contribution in [0.5, 0.6) is 0 Å². The van der Waals surface area contributed by atoms with Gasteiger partial charge in [-0.05, 0) is 19.1 Å². The van der Waals surface area contributed by atoms with Crippen molar-refractivity contribution in [1.82, 2.24) is 10.3 Å². The molecule has 21 heavy (non-hydrogen) atoms. The number of rotatable bonds is 1. The maximum absolute atomic E-state index is 6.16. The van der Waals surface area contributed by atoms with Crippen molar-refractivity contribution >= 4 is 11.7 Å². The molecule has 1 aromatic rings. The summed E-state index contributed by atoms with van der Waals surface area (Å²) in [5.74, 6) is 1.35. The summed E-state index contributed by atoms with van der Waals surface area (Å²) in [4.78, 5) is 9.30. The van der Waals surface area contributed by atoms with Crippen molar-refractivity contribution < 1.29 is 0 Å². The molecule has 2 atom stereocenters. The minimum atomic E-state index is -0.167. The first-order valence-electron chi connectivity index (χ1n) is 7.29. The fourth-order valence-electron chi connectivity index (χ4n) is 2.67. The van der Waals surface area contributed by atoms with Crippen LogP contribution in [0, 0.1) is 0 Å². The quantitative estimate of drug-likeness (QED) is 0.832. The van der Waals surface area contributed by atoms with Crippen LogP contribution >= 0.6 is 0 Å². The molecular weight excluding hydrogens is 260 g/mol. The first kappa shape index (κ1) is 13.9. The molecule has 0 spiro atoms. The SMILES string of the molecule is CC(C)(C)c1ccc(C2=NC3C=CC=CC3(C)N2)c(N)n1. The lowest BCUT2D eigenvalue weighted by atomic mass is 9.90. The highest BCUT2D eigenvalue weighted by Crippen LogP contribution is 2.29. The van der Waals surface area contributed by atoms with Crippen LogP contribution in [0.15, 0.2) is 41.4 Å². The number of nitrogens with two attached hydrogens (primary N) is 1. The molecule has 110 valence electrons. The van der Waals surface area contributed by atoms with E-state index in [1.807, 2.05) is 24.3 Å². The van der Waals surface area contributed by atoms with Crippen molar-refractivity contribution in [3.8, 4) is 0 Å². The van der Waals surface area contributed by atoms with Gasteiger partial charge in [-0.3, -0.25) is 4.99 Å². The second-order valence-corrected chi connectivity index (χ2v) is 6.95. The Bertz CT molecular complexity index is 664. The molecule has 4 nitrogen and oxygen atoms in total. The minimum Gasteiger partial charge on any atom is -0.383 e. The third-order valence-corrected chi connectivity index (χ3v) is 4.07. The zero-order valence-corrected chi connectivity index (χ0v) is 13.0. The van der Waals surface area contributed by atoms with E-state index in [0.717, 1.165) is 17.1 Å². The van der Waals surface area contributed by atoms with Crippen molar-refractivity contribution in [1.29, 1.82) is 0 Å². The van der Waals surface area contributed by atoms with Gasteiger partial charge >= 0.3 is 0 Å². The molecule has 2 unspecified atom stereocenters. The summed E-state index contributed by atoms with van der Waals surface area (Å²) in [5.41, 5.74) is 7.85. The highest BCUT2D eigenvalue weighted by Gasteiger charge is 2.38. The third kappa shape index (κ3) is 2.35. The van der Waals surface area contributed by atoms with Gasteiger partial charge in [0.1, 0.15) is 11.7 Å². The van der Waals surface area contributed by atoms with Crippen molar-refractivity contribution in [2.24, 2.45) is 4.99 Å². The van der Waals surface area contributed by atoms with Crippen LogP contribution in [-0.4, -0.2) is 22.4 Å². The van der Waals surface area contributed by atoms with Crippen LogP contribution in [0.2, 0.25) is 0 Å². The monoisotopic (exact) mass is 282 g/mol. The van der Waals surface area contributed by atoms with E-state index in [1.165, 1.54) is 0 Å². The van der Waals surface area contributed by atoms with E-state index >= 15 is 0 Å². The normalized spacial score (nSPS) is 27.2. The standard InChI is InChI=1S/C17H22N4/c1-16(2,3)12-9-8-11(14(18)19-12)15-20-13-7-5-6-10-17(13,4)21-15/h5-10,13H,1-4H3,(H2,18,19)(H,20,21). The Labute approximate surface area is 125 Å². The summed E-state index contributed by atoms with van der Waals surface area (Å²) in [5, 5.41) is 3.48. The number of nitrogens with one attached hydrogen (secondary N) is 1. The van der Waals surface area contributed by atoms with E-state index in [-0.39, 0.29) is 17.0 Å². The largest absolute Gasteiger partial charge is 0.383 e. The van der Waals surface area contributed by atoms with Crippen LogP contribution in [0.4, 0.5) is 5.82 Å².